The topological polar surface area (TPSA) is 42.1 Å². The molecule has 2 heterocycles. The molecule has 0 aliphatic rings. The van der Waals surface area contributed by atoms with E-state index in [4.69, 9.17) is 5.73 Å². The highest BCUT2D eigenvalue weighted by Crippen LogP contribution is 2.26. The molecule has 0 aliphatic carbocycles. The fourth-order valence-corrected chi connectivity index (χ4v) is 3.74. The van der Waals surface area contributed by atoms with Gasteiger partial charge in [0.15, 0.2) is 0 Å². The minimum atomic E-state index is 0.0308. The van der Waals surface area contributed by atoms with Crippen LogP contribution < -0.4 is 5.73 Å². The number of hydrogen-bond donors (Lipinski definition) is 1. The molecule has 5 heteroatoms. The molecule has 2 N–H and O–H groups in total. The largest absolute Gasteiger partial charge is 0.326 e. The van der Waals surface area contributed by atoms with Crippen LogP contribution >= 0.6 is 27.3 Å². The molecule has 2 aromatic heterocycles. The molecule has 19 heavy (non-hydrogen) atoms. The molecule has 2 rings (SSSR count). The first kappa shape index (κ1) is 14.7. The molecular weight excluding hydrogens is 322 g/mol. The lowest BCUT2D eigenvalue weighted by Gasteiger charge is -2.30. The Morgan fingerprint density at radius 3 is 2.79 bits per heavy atom. The van der Waals surface area contributed by atoms with Gasteiger partial charge in [-0.05, 0) is 48.1 Å². The monoisotopic (exact) mass is 339 g/mol. The van der Waals surface area contributed by atoms with Gasteiger partial charge < -0.3 is 5.73 Å². The van der Waals surface area contributed by atoms with E-state index in [1.54, 1.807) is 11.3 Å². The van der Waals surface area contributed by atoms with Crippen molar-refractivity contribution in [3.05, 3.63) is 50.9 Å². The molecule has 0 spiro atoms. The number of nitrogens with zero attached hydrogens (tertiary/aromatic N) is 2. The first-order valence-corrected chi connectivity index (χ1v) is 7.85. The van der Waals surface area contributed by atoms with Crippen molar-refractivity contribution in [3.8, 4) is 0 Å². The summed E-state index contributed by atoms with van der Waals surface area (Å²) in [6.45, 7) is 2.90. The van der Waals surface area contributed by atoms with Crippen LogP contribution in [0, 0.1) is 0 Å². The maximum Gasteiger partial charge on any atom is 0.0671 e. The van der Waals surface area contributed by atoms with Crippen molar-refractivity contribution < 1.29 is 0 Å². The second-order valence-corrected chi connectivity index (χ2v) is 6.62. The van der Waals surface area contributed by atoms with E-state index in [-0.39, 0.29) is 12.1 Å². The molecule has 0 aromatic carbocycles. The van der Waals surface area contributed by atoms with Crippen molar-refractivity contribution >= 4 is 27.3 Å². The number of pyridine rings is 1. The van der Waals surface area contributed by atoms with Gasteiger partial charge >= 0.3 is 0 Å². The van der Waals surface area contributed by atoms with Crippen LogP contribution in [0.25, 0.3) is 0 Å². The number of nitrogens with two attached hydrogens (primary N) is 1. The van der Waals surface area contributed by atoms with Crippen molar-refractivity contribution in [3.63, 3.8) is 0 Å². The van der Waals surface area contributed by atoms with Gasteiger partial charge in [0.2, 0.25) is 0 Å². The minimum Gasteiger partial charge on any atom is -0.326 e. The first-order chi connectivity index (χ1) is 9.08. The predicted molar refractivity (Wildman–Crippen MR) is 84.1 cm³/mol. The number of hydrogen-bond acceptors (Lipinski definition) is 4. The molecule has 2 unspecified atom stereocenters. The van der Waals surface area contributed by atoms with Crippen molar-refractivity contribution in [2.75, 3.05) is 7.05 Å². The molecule has 0 saturated heterocycles. The molecule has 3 nitrogen and oxygen atoms in total. The number of likely N-dealkylation sites (N-methyl/N-ethyl adjacent to an activating group) is 1. The summed E-state index contributed by atoms with van der Waals surface area (Å²) in [6.07, 6.45) is 1.82. The molecule has 0 bridgehead atoms. The molecule has 2 atom stereocenters. The van der Waals surface area contributed by atoms with Crippen molar-refractivity contribution in [1.82, 2.24) is 9.88 Å². The molecule has 0 radical (unpaired) electrons. The van der Waals surface area contributed by atoms with E-state index >= 15 is 0 Å². The highest BCUT2D eigenvalue weighted by molar-refractivity contribution is 9.10. The predicted octanol–water partition coefficient (Wildman–Crippen LogP) is 3.43. The second kappa shape index (κ2) is 6.61. The van der Waals surface area contributed by atoms with E-state index in [1.165, 1.54) is 4.88 Å². The summed E-state index contributed by atoms with van der Waals surface area (Å²) < 4.78 is 1.14. The standard InChI is InChI=1S/C14H18BrN3S/c1-10(16)14(13-5-3-4-6-17-13)18(2)8-12-7-11(15)9-19-12/h3-7,9-10,14H,8,16H2,1-2H3. The van der Waals surface area contributed by atoms with Gasteiger partial charge in [0.25, 0.3) is 0 Å². The summed E-state index contributed by atoms with van der Waals surface area (Å²) in [4.78, 5) is 8.01. The second-order valence-electron chi connectivity index (χ2n) is 4.70. The molecule has 0 fully saturated rings. The summed E-state index contributed by atoms with van der Waals surface area (Å²) in [6, 6.07) is 8.28. The van der Waals surface area contributed by atoms with Gasteiger partial charge in [0.05, 0.1) is 11.7 Å². The third-order valence-electron chi connectivity index (χ3n) is 2.99. The highest BCUT2D eigenvalue weighted by atomic mass is 79.9. The minimum absolute atomic E-state index is 0.0308. The van der Waals surface area contributed by atoms with Crippen molar-refractivity contribution in [2.45, 2.75) is 25.6 Å². The molecule has 0 saturated carbocycles. The molecule has 2 aromatic rings. The maximum atomic E-state index is 6.14. The molecule has 0 amide bonds. The van der Waals surface area contributed by atoms with Crippen LogP contribution in [-0.4, -0.2) is 23.0 Å². The van der Waals surface area contributed by atoms with Gasteiger partial charge in [-0.15, -0.1) is 11.3 Å². The van der Waals surface area contributed by atoms with Crippen LogP contribution in [-0.2, 0) is 6.54 Å². The van der Waals surface area contributed by atoms with Gasteiger partial charge in [-0.2, -0.15) is 0 Å². The Bertz CT molecular complexity index is 512. The molecule has 102 valence electrons. The third-order valence-corrected chi connectivity index (χ3v) is 4.67. The average Bonchev–Trinajstić information content (AvgIpc) is 2.75. The van der Waals surface area contributed by atoms with E-state index in [0.29, 0.717) is 0 Å². The summed E-state index contributed by atoms with van der Waals surface area (Å²) in [5, 5.41) is 2.10. The van der Waals surface area contributed by atoms with E-state index in [0.717, 1.165) is 16.7 Å². The average molecular weight is 340 g/mol. The van der Waals surface area contributed by atoms with Gasteiger partial charge in [-0.3, -0.25) is 9.88 Å². The summed E-state index contributed by atoms with van der Waals surface area (Å²) in [5.74, 6) is 0. The fourth-order valence-electron chi connectivity index (χ4n) is 2.23. The maximum absolute atomic E-state index is 6.14. The summed E-state index contributed by atoms with van der Waals surface area (Å²) in [7, 11) is 2.09. The SMILES string of the molecule is CC(N)C(c1ccccn1)N(C)Cc1cc(Br)cs1. The Hall–Kier alpha value is -0.750. The van der Waals surface area contributed by atoms with Crippen LogP contribution in [0.4, 0.5) is 0 Å². The van der Waals surface area contributed by atoms with Crippen molar-refractivity contribution in [2.24, 2.45) is 5.73 Å². The Morgan fingerprint density at radius 1 is 1.47 bits per heavy atom. The fraction of sp³-hybridized carbons (Fsp3) is 0.357. The van der Waals surface area contributed by atoms with Crippen LogP contribution in [0.5, 0.6) is 0 Å². The number of halogens is 1. The van der Waals surface area contributed by atoms with E-state index < -0.39 is 0 Å². The highest BCUT2D eigenvalue weighted by Gasteiger charge is 2.22. The van der Waals surface area contributed by atoms with Crippen LogP contribution in [0.15, 0.2) is 40.3 Å². The number of aromatic nitrogens is 1. The van der Waals surface area contributed by atoms with E-state index in [1.807, 2.05) is 31.3 Å². The van der Waals surface area contributed by atoms with Crippen LogP contribution in [0.3, 0.4) is 0 Å². The smallest absolute Gasteiger partial charge is 0.0671 e. The van der Waals surface area contributed by atoms with Crippen LogP contribution in [0.2, 0.25) is 0 Å². The Morgan fingerprint density at radius 2 is 2.26 bits per heavy atom. The lowest BCUT2D eigenvalue weighted by atomic mass is 10.0. The summed E-state index contributed by atoms with van der Waals surface area (Å²) in [5.41, 5.74) is 7.16. The Balaban J connectivity index is 2.15. The van der Waals surface area contributed by atoms with Gasteiger partial charge in [0.1, 0.15) is 0 Å². The van der Waals surface area contributed by atoms with Gasteiger partial charge in [-0.25, -0.2) is 0 Å². The number of rotatable bonds is 5. The van der Waals surface area contributed by atoms with E-state index in [9.17, 15) is 0 Å². The third kappa shape index (κ3) is 3.86. The quantitative estimate of drug-likeness (QED) is 0.907. The number of thiophene rings is 1. The molecule has 0 aliphatic heterocycles. The zero-order valence-corrected chi connectivity index (χ0v) is 13.5. The normalized spacial score (nSPS) is 14.6. The van der Waals surface area contributed by atoms with E-state index in [2.05, 4.69) is 44.3 Å². The lowest BCUT2D eigenvalue weighted by Crippen LogP contribution is -2.37. The Labute approximate surface area is 126 Å². The summed E-state index contributed by atoms with van der Waals surface area (Å²) >= 11 is 5.24. The van der Waals surface area contributed by atoms with Crippen molar-refractivity contribution in [1.29, 1.82) is 0 Å². The Kier molecular flexibility index (Phi) is 5.10. The zero-order chi connectivity index (χ0) is 13.8. The lowest BCUT2D eigenvalue weighted by molar-refractivity contribution is 0.208. The van der Waals surface area contributed by atoms with Crippen LogP contribution in [0.1, 0.15) is 23.5 Å². The zero-order valence-electron chi connectivity index (χ0n) is 11.1. The van der Waals surface area contributed by atoms with Gasteiger partial charge in [-0.1, -0.05) is 6.07 Å². The van der Waals surface area contributed by atoms with Gasteiger partial charge in [0, 0.05) is 33.5 Å². The molecular formula is C14H18BrN3S. The first-order valence-electron chi connectivity index (χ1n) is 6.17.